The van der Waals surface area contributed by atoms with Crippen LogP contribution in [0.4, 0.5) is 0 Å². The lowest BCUT2D eigenvalue weighted by atomic mass is 9.80. The first-order valence-electron chi connectivity index (χ1n) is 7.38. The van der Waals surface area contributed by atoms with Crippen LogP contribution in [-0.4, -0.2) is 5.97 Å². The van der Waals surface area contributed by atoms with Crippen molar-refractivity contribution in [3.63, 3.8) is 0 Å². The summed E-state index contributed by atoms with van der Waals surface area (Å²) in [6.07, 6.45) is 0. The fraction of sp³-hybridized carbons (Fsp3) is 0.0476. The quantitative estimate of drug-likeness (QED) is 0.532. The maximum Gasteiger partial charge on any atom is 0.312 e. The molecule has 0 bridgehead atoms. The average Bonchev–Trinajstić information content (AvgIpc) is 2.62. The summed E-state index contributed by atoms with van der Waals surface area (Å²) in [5.74, 6) is -0.818. The van der Waals surface area contributed by atoms with E-state index in [0.29, 0.717) is 0 Å². The molecule has 0 aromatic heterocycles. The molecule has 2 heteroatoms. The third kappa shape index (κ3) is 2.88. The van der Waals surface area contributed by atoms with Crippen molar-refractivity contribution in [3.05, 3.63) is 115 Å². The third-order valence-corrected chi connectivity index (χ3v) is 3.79. The highest BCUT2D eigenvalue weighted by Crippen LogP contribution is 2.40. The molecule has 0 aliphatic heterocycles. The Labute approximate surface area is 136 Å². The molecule has 0 saturated carbocycles. The Morgan fingerprint density at radius 2 is 0.957 bits per heavy atom. The Morgan fingerprint density at radius 3 is 1.22 bits per heavy atom. The Bertz CT molecular complexity index is 668. The van der Waals surface area contributed by atoms with Crippen LogP contribution in [0.15, 0.2) is 91.0 Å². The summed E-state index contributed by atoms with van der Waals surface area (Å²) in [6.45, 7) is 5.43. The molecule has 0 saturated heterocycles. The summed E-state index contributed by atoms with van der Waals surface area (Å²) in [5, 5.41) is 0. The number of esters is 1. The SMILES string of the molecule is [CH]C(=O)OC(c1ccccc1)(c1ccccc1)c1ccccc1. The lowest BCUT2D eigenvalue weighted by Gasteiger charge is -2.34. The molecule has 112 valence electrons. The minimum Gasteiger partial charge on any atom is -0.444 e. The van der Waals surface area contributed by atoms with Gasteiger partial charge in [-0.15, -0.1) is 0 Å². The predicted octanol–water partition coefficient (Wildman–Crippen LogP) is 4.23. The first kappa shape index (κ1) is 15.0. The van der Waals surface area contributed by atoms with Gasteiger partial charge in [-0.05, 0) is 0 Å². The van der Waals surface area contributed by atoms with Crippen LogP contribution in [-0.2, 0) is 15.1 Å². The van der Waals surface area contributed by atoms with E-state index in [1.807, 2.05) is 91.0 Å². The minimum atomic E-state index is -1.07. The molecule has 0 heterocycles. The van der Waals surface area contributed by atoms with Crippen LogP contribution >= 0.6 is 0 Å². The van der Waals surface area contributed by atoms with Crippen LogP contribution in [0.2, 0.25) is 0 Å². The topological polar surface area (TPSA) is 26.3 Å². The van der Waals surface area contributed by atoms with Gasteiger partial charge in [-0.25, -0.2) is 0 Å². The summed E-state index contributed by atoms with van der Waals surface area (Å²) in [7, 11) is 0. The normalized spacial score (nSPS) is 11.0. The van der Waals surface area contributed by atoms with Gasteiger partial charge in [0, 0.05) is 16.7 Å². The monoisotopic (exact) mass is 300 g/mol. The highest BCUT2D eigenvalue weighted by atomic mass is 16.6. The number of rotatable bonds is 4. The van der Waals surface area contributed by atoms with E-state index in [2.05, 4.69) is 0 Å². The molecule has 2 nitrogen and oxygen atoms in total. The van der Waals surface area contributed by atoms with E-state index < -0.39 is 11.6 Å². The molecule has 0 aliphatic carbocycles. The Balaban J connectivity index is 2.32. The Kier molecular flexibility index (Phi) is 4.24. The van der Waals surface area contributed by atoms with Crippen LogP contribution in [0.25, 0.3) is 0 Å². The zero-order valence-corrected chi connectivity index (χ0v) is 12.6. The third-order valence-electron chi connectivity index (χ3n) is 3.79. The number of hydrogen-bond acceptors (Lipinski definition) is 2. The van der Waals surface area contributed by atoms with Crippen molar-refractivity contribution in [3.8, 4) is 0 Å². The molecular weight excluding hydrogens is 284 g/mol. The number of hydrogen-bond donors (Lipinski definition) is 0. The molecular formula is C21H16O2. The zero-order chi connectivity index (χ0) is 16.1. The Morgan fingerprint density at radius 1 is 0.652 bits per heavy atom. The van der Waals surface area contributed by atoms with Gasteiger partial charge in [0.05, 0.1) is 6.92 Å². The van der Waals surface area contributed by atoms with Crippen LogP contribution < -0.4 is 0 Å². The molecule has 2 radical (unpaired) electrons. The number of ether oxygens (including phenoxy) is 1. The highest BCUT2D eigenvalue weighted by molar-refractivity contribution is 5.75. The van der Waals surface area contributed by atoms with Gasteiger partial charge in [0.15, 0.2) is 5.60 Å². The molecule has 0 N–H and O–H groups in total. The molecule has 0 unspecified atom stereocenters. The van der Waals surface area contributed by atoms with Crippen molar-refractivity contribution >= 4 is 5.97 Å². The maximum atomic E-state index is 11.7. The summed E-state index contributed by atoms with van der Waals surface area (Å²) in [4.78, 5) is 11.7. The van der Waals surface area contributed by atoms with Crippen LogP contribution in [0.1, 0.15) is 16.7 Å². The van der Waals surface area contributed by atoms with Gasteiger partial charge in [0.1, 0.15) is 0 Å². The van der Waals surface area contributed by atoms with E-state index in [1.54, 1.807) is 0 Å². The van der Waals surface area contributed by atoms with Gasteiger partial charge in [-0.2, -0.15) is 0 Å². The maximum absolute atomic E-state index is 11.7. The summed E-state index contributed by atoms with van der Waals surface area (Å²) in [6, 6.07) is 28.9. The van der Waals surface area contributed by atoms with Gasteiger partial charge in [0.25, 0.3) is 0 Å². The van der Waals surface area contributed by atoms with Crippen molar-refractivity contribution in [1.29, 1.82) is 0 Å². The van der Waals surface area contributed by atoms with Crippen molar-refractivity contribution < 1.29 is 9.53 Å². The minimum absolute atomic E-state index is 0.818. The van der Waals surface area contributed by atoms with E-state index in [4.69, 9.17) is 11.7 Å². The van der Waals surface area contributed by atoms with E-state index in [9.17, 15) is 4.79 Å². The largest absolute Gasteiger partial charge is 0.444 e. The lowest BCUT2D eigenvalue weighted by molar-refractivity contribution is -0.147. The predicted molar refractivity (Wildman–Crippen MR) is 89.6 cm³/mol. The molecule has 3 rings (SSSR count). The molecule has 23 heavy (non-hydrogen) atoms. The van der Waals surface area contributed by atoms with Gasteiger partial charge >= 0.3 is 5.97 Å². The smallest absolute Gasteiger partial charge is 0.312 e. The van der Waals surface area contributed by atoms with Gasteiger partial charge in [0.2, 0.25) is 0 Å². The van der Waals surface area contributed by atoms with Crippen molar-refractivity contribution in [2.45, 2.75) is 5.60 Å². The molecule has 0 aliphatic rings. The molecule has 3 aromatic carbocycles. The van der Waals surface area contributed by atoms with Crippen LogP contribution in [0.3, 0.4) is 0 Å². The molecule has 0 spiro atoms. The van der Waals surface area contributed by atoms with Gasteiger partial charge in [-0.1, -0.05) is 91.0 Å². The van der Waals surface area contributed by atoms with Crippen molar-refractivity contribution in [2.24, 2.45) is 0 Å². The van der Waals surface area contributed by atoms with E-state index in [0.717, 1.165) is 16.7 Å². The second-order valence-electron chi connectivity index (χ2n) is 5.20. The van der Waals surface area contributed by atoms with Crippen LogP contribution in [0, 0.1) is 6.92 Å². The second kappa shape index (κ2) is 6.49. The van der Waals surface area contributed by atoms with E-state index >= 15 is 0 Å². The zero-order valence-electron chi connectivity index (χ0n) is 12.6. The molecule has 0 fully saturated rings. The second-order valence-corrected chi connectivity index (χ2v) is 5.20. The summed E-state index contributed by atoms with van der Waals surface area (Å²) < 4.78 is 5.74. The summed E-state index contributed by atoms with van der Waals surface area (Å²) >= 11 is 0. The fourth-order valence-electron chi connectivity index (χ4n) is 2.85. The number of benzene rings is 3. The first-order chi connectivity index (χ1) is 11.2. The van der Waals surface area contributed by atoms with E-state index in [-0.39, 0.29) is 0 Å². The lowest BCUT2D eigenvalue weighted by Crippen LogP contribution is -2.34. The standard InChI is InChI=1S/C21H16O2/c1-17(22)23-21(18-11-5-2-6-12-18,19-13-7-3-8-14-19)20-15-9-4-10-16-20/h1-16H. The van der Waals surface area contributed by atoms with Gasteiger partial charge in [-0.3, -0.25) is 4.79 Å². The summed E-state index contributed by atoms with van der Waals surface area (Å²) in [5.41, 5.74) is 1.46. The number of carbonyl (C=O) groups excluding carboxylic acids is 1. The average molecular weight is 300 g/mol. The Hall–Kier alpha value is -2.87. The molecule has 3 aromatic rings. The number of carbonyl (C=O) groups is 1. The first-order valence-corrected chi connectivity index (χ1v) is 7.38. The van der Waals surface area contributed by atoms with Crippen molar-refractivity contribution in [1.82, 2.24) is 0 Å². The fourth-order valence-corrected chi connectivity index (χ4v) is 2.85. The van der Waals surface area contributed by atoms with Crippen LogP contribution in [0.5, 0.6) is 0 Å². The van der Waals surface area contributed by atoms with Crippen molar-refractivity contribution in [2.75, 3.05) is 0 Å². The van der Waals surface area contributed by atoms with Gasteiger partial charge < -0.3 is 4.74 Å². The highest BCUT2D eigenvalue weighted by Gasteiger charge is 2.39. The van der Waals surface area contributed by atoms with E-state index in [1.165, 1.54) is 0 Å². The molecule has 0 atom stereocenters. The molecule has 0 amide bonds.